The number of nitrogens with zero attached hydrogens (tertiary/aromatic N) is 1. The zero-order chi connectivity index (χ0) is 13.5. The van der Waals surface area contributed by atoms with Crippen molar-refractivity contribution in [2.75, 3.05) is 6.54 Å². The summed E-state index contributed by atoms with van der Waals surface area (Å²) in [5, 5.41) is 9.78. The minimum Gasteiger partial charge on any atom is -0.508 e. The third kappa shape index (κ3) is 2.20. The lowest BCUT2D eigenvalue weighted by molar-refractivity contribution is 0.217. The SMILES string of the molecule is C#CCN1C2CCCC(c3cccc(O)c3)(C2)C1C.Cl. The van der Waals surface area contributed by atoms with Crippen molar-refractivity contribution >= 4 is 12.4 Å². The molecule has 108 valence electrons. The molecule has 3 heteroatoms. The molecule has 3 unspecified atom stereocenters. The van der Waals surface area contributed by atoms with Crippen molar-refractivity contribution in [3.63, 3.8) is 0 Å². The molecule has 2 nitrogen and oxygen atoms in total. The van der Waals surface area contributed by atoms with Gasteiger partial charge in [0.2, 0.25) is 0 Å². The molecular weight excluding hydrogens is 270 g/mol. The Hall–Kier alpha value is -1.17. The van der Waals surface area contributed by atoms with Gasteiger partial charge in [-0.1, -0.05) is 24.5 Å². The predicted octanol–water partition coefficient (Wildman–Crippen LogP) is 3.33. The molecule has 2 fully saturated rings. The van der Waals surface area contributed by atoms with Gasteiger partial charge in [0.05, 0.1) is 6.54 Å². The van der Waals surface area contributed by atoms with Crippen LogP contribution in [0.25, 0.3) is 0 Å². The molecule has 3 atom stereocenters. The number of phenols is 1. The molecule has 1 saturated heterocycles. The van der Waals surface area contributed by atoms with E-state index >= 15 is 0 Å². The first-order valence-electron chi connectivity index (χ1n) is 7.16. The molecule has 20 heavy (non-hydrogen) atoms. The molecule has 2 bridgehead atoms. The lowest BCUT2D eigenvalue weighted by Gasteiger charge is -2.36. The summed E-state index contributed by atoms with van der Waals surface area (Å²) in [5.41, 5.74) is 1.46. The molecule has 0 amide bonds. The van der Waals surface area contributed by atoms with Crippen LogP contribution in [-0.2, 0) is 5.41 Å². The number of rotatable bonds is 2. The normalized spacial score (nSPS) is 32.4. The number of halogens is 1. The van der Waals surface area contributed by atoms with E-state index in [4.69, 9.17) is 6.42 Å². The average Bonchev–Trinajstić information content (AvgIpc) is 2.61. The second-order valence-electron chi connectivity index (χ2n) is 6.01. The Morgan fingerprint density at radius 3 is 3.00 bits per heavy atom. The monoisotopic (exact) mass is 291 g/mol. The number of benzene rings is 1. The zero-order valence-electron chi connectivity index (χ0n) is 11.9. The van der Waals surface area contributed by atoms with Gasteiger partial charge in [-0.15, -0.1) is 18.8 Å². The van der Waals surface area contributed by atoms with Crippen LogP contribution in [0.5, 0.6) is 5.75 Å². The van der Waals surface area contributed by atoms with Gasteiger partial charge >= 0.3 is 0 Å². The van der Waals surface area contributed by atoms with Gasteiger partial charge in [-0.3, -0.25) is 4.90 Å². The van der Waals surface area contributed by atoms with E-state index in [9.17, 15) is 5.11 Å². The molecular formula is C17H22ClNO. The van der Waals surface area contributed by atoms with Crippen LogP contribution in [0, 0.1) is 12.3 Å². The first-order valence-corrected chi connectivity index (χ1v) is 7.16. The van der Waals surface area contributed by atoms with Crippen LogP contribution >= 0.6 is 12.4 Å². The number of likely N-dealkylation sites (tertiary alicyclic amines) is 1. The van der Waals surface area contributed by atoms with Gasteiger partial charge < -0.3 is 5.11 Å². The van der Waals surface area contributed by atoms with Crippen molar-refractivity contribution in [1.82, 2.24) is 4.90 Å². The van der Waals surface area contributed by atoms with E-state index < -0.39 is 0 Å². The van der Waals surface area contributed by atoms with E-state index in [-0.39, 0.29) is 17.8 Å². The number of hydrogen-bond acceptors (Lipinski definition) is 2. The van der Waals surface area contributed by atoms with Crippen LogP contribution in [0.1, 0.15) is 38.2 Å². The minimum atomic E-state index is 0. The highest BCUT2D eigenvalue weighted by Crippen LogP contribution is 2.51. The van der Waals surface area contributed by atoms with Crippen molar-refractivity contribution in [3.05, 3.63) is 29.8 Å². The van der Waals surface area contributed by atoms with E-state index in [0.29, 0.717) is 17.8 Å². The molecule has 2 aliphatic rings. The standard InChI is InChI=1S/C17H21NO.ClH/c1-3-10-18-13(2)17(9-5-7-15(18)12-17)14-6-4-8-16(19)11-14;/h1,4,6,8,11,13,15,19H,5,7,9-10,12H2,2H3;1H. The summed E-state index contributed by atoms with van der Waals surface area (Å²) in [5.74, 6) is 3.18. The van der Waals surface area contributed by atoms with Crippen molar-refractivity contribution < 1.29 is 5.11 Å². The molecule has 3 rings (SSSR count). The van der Waals surface area contributed by atoms with Gasteiger partial charge in [-0.05, 0) is 43.9 Å². The first-order chi connectivity index (χ1) is 9.17. The maximum Gasteiger partial charge on any atom is 0.115 e. The lowest BCUT2D eigenvalue weighted by Crippen LogP contribution is -2.40. The van der Waals surface area contributed by atoms with Crippen molar-refractivity contribution in [2.45, 2.75) is 50.1 Å². The summed E-state index contributed by atoms with van der Waals surface area (Å²) in [6.45, 7) is 3.04. The third-order valence-electron chi connectivity index (χ3n) is 5.22. The number of fused-ring (bicyclic) bond motifs is 2. The van der Waals surface area contributed by atoms with Crippen molar-refractivity contribution in [2.24, 2.45) is 0 Å². The highest BCUT2D eigenvalue weighted by Gasteiger charge is 2.52. The smallest absolute Gasteiger partial charge is 0.115 e. The van der Waals surface area contributed by atoms with Crippen molar-refractivity contribution in [1.29, 1.82) is 0 Å². The van der Waals surface area contributed by atoms with Gasteiger partial charge in [-0.2, -0.15) is 0 Å². The van der Waals surface area contributed by atoms with Crippen LogP contribution in [0.4, 0.5) is 0 Å². The summed E-state index contributed by atoms with van der Waals surface area (Å²) in [6.07, 6.45) is 10.4. The van der Waals surface area contributed by atoms with Crippen LogP contribution in [0.3, 0.4) is 0 Å². The number of hydrogen-bond donors (Lipinski definition) is 1. The molecule has 1 N–H and O–H groups in total. The molecule has 1 aromatic rings. The minimum absolute atomic E-state index is 0. The van der Waals surface area contributed by atoms with Gasteiger partial charge in [0.1, 0.15) is 5.75 Å². The van der Waals surface area contributed by atoms with Crippen LogP contribution < -0.4 is 0 Å². The predicted molar refractivity (Wildman–Crippen MR) is 84.3 cm³/mol. The molecule has 0 radical (unpaired) electrons. The topological polar surface area (TPSA) is 23.5 Å². The van der Waals surface area contributed by atoms with Crippen molar-refractivity contribution in [3.8, 4) is 18.1 Å². The maximum atomic E-state index is 9.78. The van der Waals surface area contributed by atoms with Gasteiger partial charge in [0, 0.05) is 17.5 Å². The van der Waals surface area contributed by atoms with E-state index in [1.165, 1.54) is 31.2 Å². The molecule has 0 aromatic heterocycles. The molecule has 1 aromatic carbocycles. The summed E-state index contributed by atoms with van der Waals surface area (Å²) < 4.78 is 0. The fourth-order valence-electron chi connectivity index (χ4n) is 4.26. The summed E-state index contributed by atoms with van der Waals surface area (Å²) >= 11 is 0. The Kier molecular flexibility index (Phi) is 4.32. The summed E-state index contributed by atoms with van der Waals surface area (Å²) in [4.78, 5) is 2.48. The van der Waals surface area contributed by atoms with Crippen LogP contribution in [0.2, 0.25) is 0 Å². The Morgan fingerprint density at radius 1 is 1.50 bits per heavy atom. The number of terminal acetylenes is 1. The highest BCUT2D eigenvalue weighted by molar-refractivity contribution is 5.85. The van der Waals surface area contributed by atoms with E-state index in [2.05, 4.69) is 23.8 Å². The van der Waals surface area contributed by atoms with Crippen LogP contribution in [-0.4, -0.2) is 28.6 Å². The number of phenolic OH excluding ortho intramolecular Hbond substituents is 1. The second-order valence-corrected chi connectivity index (χ2v) is 6.01. The molecule has 1 aliphatic heterocycles. The number of aromatic hydroxyl groups is 1. The second kappa shape index (κ2) is 5.68. The first kappa shape index (κ1) is 15.2. The van der Waals surface area contributed by atoms with Gasteiger partial charge in [-0.25, -0.2) is 0 Å². The highest BCUT2D eigenvalue weighted by atomic mass is 35.5. The molecule has 1 heterocycles. The van der Waals surface area contributed by atoms with E-state index in [1.54, 1.807) is 6.07 Å². The van der Waals surface area contributed by atoms with E-state index in [1.807, 2.05) is 12.1 Å². The largest absolute Gasteiger partial charge is 0.508 e. The van der Waals surface area contributed by atoms with Gasteiger partial charge in [0.25, 0.3) is 0 Å². The maximum absolute atomic E-state index is 9.78. The summed E-state index contributed by atoms with van der Waals surface area (Å²) in [6, 6.07) is 8.88. The lowest BCUT2D eigenvalue weighted by atomic mass is 9.67. The molecule has 0 spiro atoms. The van der Waals surface area contributed by atoms with E-state index in [0.717, 1.165) is 6.54 Å². The Balaban J connectivity index is 0.00000147. The average molecular weight is 292 g/mol. The quantitative estimate of drug-likeness (QED) is 0.845. The van der Waals surface area contributed by atoms with Gasteiger partial charge in [0.15, 0.2) is 0 Å². The fraction of sp³-hybridized carbons (Fsp3) is 0.529. The third-order valence-corrected chi connectivity index (χ3v) is 5.22. The van der Waals surface area contributed by atoms with Crippen LogP contribution in [0.15, 0.2) is 24.3 Å². The fourth-order valence-corrected chi connectivity index (χ4v) is 4.26. The summed E-state index contributed by atoms with van der Waals surface area (Å²) in [7, 11) is 0. The molecule has 1 saturated carbocycles. The Bertz CT molecular complexity index is 524. The zero-order valence-corrected chi connectivity index (χ0v) is 12.7. The Labute approximate surface area is 127 Å². The molecule has 1 aliphatic carbocycles. The Morgan fingerprint density at radius 2 is 2.30 bits per heavy atom.